The second-order valence-electron chi connectivity index (χ2n) is 6.56. The van der Waals surface area contributed by atoms with Crippen LogP contribution in [0.4, 0.5) is 10.3 Å². The van der Waals surface area contributed by atoms with Crippen molar-refractivity contribution < 1.29 is 13.9 Å². The first-order chi connectivity index (χ1) is 11.9. The molecule has 6 heteroatoms. The Morgan fingerprint density at radius 3 is 2.52 bits per heavy atom. The van der Waals surface area contributed by atoms with E-state index >= 15 is 0 Å². The number of rotatable bonds is 2. The third-order valence-corrected chi connectivity index (χ3v) is 4.06. The molecule has 0 N–H and O–H groups in total. The molecule has 1 amide bonds. The highest BCUT2D eigenvalue weighted by atomic mass is 19.1. The average Bonchev–Trinajstić information content (AvgIpc) is 2.82. The number of halogens is 1. The molecule has 1 aromatic heterocycles. The molecule has 0 radical (unpaired) electrons. The monoisotopic (exact) mass is 339 g/mol. The number of carbonyl (C=O) groups excluding carboxylic acids is 1. The molecular weight excluding hydrogens is 321 g/mol. The Kier molecular flexibility index (Phi) is 4.51. The fraction of sp³-hybridized carbons (Fsp3) is 0.316. The van der Waals surface area contributed by atoms with E-state index in [0.717, 1.165) is 0 Å². The summed E-state index contributed by atoms with van der Waals surface area (Å²) >= 11 is 0. The molecule has 0 saturated carbocycles. The lowest BCUT2D eigenvalue weighted by molar-refractivity contribution is -0.128. The van der Waals surface area contributed by atoms with Gasteiger partial charge >= 0.3 is 0 Å². The SMILES string of the molecule is CO[C@H]1C(=O)N(c2ncc(C#Cc3cccc(F)c3)cn2)CC1(C)C. The third-order valence-electron chi connectivity index (χ3n) is 4.06. The van der Waals surface area contributed by atoms with Gasteiger partial charge in [-0.05, 0) is 18.2 Å². The number of anilines is 1. The summed E-state index contributed by atoms with van der Waals surface area (Å²) in [7, 11) is 1.53. The lowest BCUT2D eigenvalue weighted by Gasteiger charge is -2.21. The van der Waals surface area contributed by atoms with E-state index in [9.17, 15) is 9.18 Å². The molecule has 3 rings (SSSR count). The van der Waals surface area contributed by atoms with Crippen LogP contribution in [0.2, 0.25) is 0 Å². The lowest BCUT2D eigenvalue weighted by atomic mass is 9.90. The molecule has 1 aromatic carbocycles. The molecule has 2 aromatic rings. The quantitative estimate of drug-likeness (QED) is 0.789. The summed E-state index contributed by atoms with van der Waals surface area (Å²) in [5, 5.41) is 0. The molecule has 1 aliphatic heterocycles. The maximum absolute atomic E-state index is 13.1. The zero-order chi connectivity index (χ0) is 18.0. The summed E-state index contributed by atoms with van der Waals surface area (Å²) in [5.41, 5.74) is 0.844. The van der Waals surface area contributed by atoms with Gasteiger partial charge in [0.25, 0.3) is 5.91 Å². The van der Waals surface area contributed by atoms with Gasteiger partial charge in [0.05, 0.1) is 5.56 Å². The molecule has 128 valence electrons. The second-order valence-corrected chi connectivity index (χ2v) is 6.56. The second kappa shape index (κ2) is 6.61. The van der Waals surface area contributed by atoms with Gasteiger partial charge in [-0.3, -0.25) is 9.69 Å². The molecule has 2 heterocycles. The van der Waals surface area contributed by atoms with Crippen molar-refractivity contribution in [2.45, 2.75) is 20.0 Å². The van der Waals surface area contributed by atoms with Crippen molar-refractivity contribution in [2.75, 3.05) is 18.6 Å². The first-order valence-electron chi connectivity index (χ1n) is 7.84. The highest BCUT2D eigenvalue weighted by molar-refractivity contribution is 5.98. The van der Waals surface area contributed by atoms with Crippen molar-refractivity contribution in [3.63, 3.8) is 0 Å². The van der Waals surface area contributed by atoms with Crippen LogP contribution >= 0.6 is 0 Å². The molecule has 0 spiro atoms. The Labute approximate surface area is 145 Å². The number of hydrogen-bond acceptors (Lipinski definition) is 4. The third kappa shape index (κ3) is 3.52. The van der Waals surface area contributed by atoms with Gasteiger partial charge in [-0.1, -0.05) is 31.8 Å². The number of amides is 1. The fourth-order valence-electron chi connectivity index (χ4n) is 2.87. The van der Waals surface area contributed by atoms with E-state index in [1.807, 2.05) is 13.8 Å². The van der Waals surface area contributed by atoms with Gasteiger partial charge in [-0.25, -0.2) is 14.4 Å². The minimum Gasteiger partial charge on any atom is -0.371 e. The maximum Gasteiger partial charge on any atom is 0.259 e. The molecule has 0 unspecified atom stereocenters. The van der Waals surface area contributed by atoms with Crippen molar-refractivity contribution in [1.29, 1.82) is 0 Å². The molecule has 1 fully saturated rings. The molecule has 0 bridgehead atoms. The summed E-state index contributed by atoms with van der Waals surface area (Å²) < 4.78 is 18.5. The minimum atomic E-state index is -0.511. The number of nitrogens with zero attached hydrogens (tertiary/aromatic N) is 3. The highest BCUT2D eigenvalue weighted by Crippen LogP contribution is 2.34. The zero-order valence-corrected chi connectivity index (χ0v) is 14.3. The number of benzene rings is 1. The predicted molar refractivity (Wildman–Crippen MR) is 91.3 cm³/mol. The van der Waals surface area contributed by atoms with E-state index in [-0.39, 0.29) is 17.1 Å². The first-order valence-corrected chi connectivity index (χ1v) is 7.84. The smallest absolute Gasteiger partial charge is 0.259 e. The van der Waals surface area contributed by atoms with Gasteiger partial charge < -0.3 is 4.74 Å². The minimum absolute atomic E-state index is 0.147. The van der Waals surface area contributed by atoms with Crippen molar-refractivity contribution in [3.8, 4) is 11.8 Å². The Hall–Kier alpha value is -2.78. The van der Waals surface area contributed by atoms with E-state index in [4.69, 9.17) is 4.74 Å². The molecule has 25 heavy (non-hydrogen) atoms. The maximum atomic E-state index is 13.1. The zero-order valence-electron chi connectivity index (χ0n) is 14.3. The summed E-state index contributed by atoms with van der Waals surface area (Å²) in [5.74, 6) is 5.59. The number of methoxy groups -OCH3 is 1. The van der Waals surface area contributed by atoms with E-state index < -0.39 is 6.10 Å². The van der Waals surface area contributed by atoms with E-state index in [1.165, 1.54) is 24.1 Å². The van der Waals surface area contributed by atoms with Gasteiger partial charge in [-0.2, -0.15) is 0 Å². The van der Waals surface area contributed by atoms with Gasteiger partial charge in [0.1, 0.15) is 11.9 Å². The Bertz CT molecular complexity index is 853. The summed E-state index contributed by atoms with van der Waals surface area (Å²) in [6, 6.07) is 6.05. The molecule has 5 nitrogen and oxygen atoms in total. The fourth-order valence-corrected chi connectivity index (χ4v) is 2.87. The average molecular weight is 339 g/mol. The normalized spacial score (nSPS) is 18.8. The Balaban J connectivity index is 1.79. The van der Waals surface area contributed by atoms with Crippen molar-refractivity contribution >= 4 is 11.9 Å². The van der Waals surface area contributed by atoms with E-state index in [2.05, 4.69) is 21.8 Å². The number of aromatic nitrogens is 2. The van der Waals surface area contributed by atoms with Crippen LogP contribution in [0, 0.1) is 23.1 Å². The topological polar surface area (TPSA) is 55.3 Å². The summed E-state index contributed by atoms with van der Waals surface area (Å²) in [4.78, 5) is 22.4. The van der Waals surface area contributed by atoms with Crippen molar-refractivity contribution in [1.82, 2.24) is 9.97 Å². The Morgan fingerprint density at radius 1 is 1.24 bits per heavy atom. The van der Waals surface area contributed by atoms with E-state index in [1.54, 1.807) is 24.5 Å². The van der Waals surface area contributed by atoms with Crippen LogP contribution in [0.1, 0.15) is 25.0 Å². The summed E-state index contributed by atoms with van der Waals surface area (Å²) in [6.07, 6.45) is 2.59. The van der Waals surface area contributed by atoms with Gasteiger partial charge in [0, 0.05) is 37.0 Å². The highest BCUT2D eigenvalue weighted by Gasteiger charge is 2.47. The van der Waals surface area contributed by atoms with Crippen LogP contribution in [0.5, 0.6) is 0 Å². The molecule has 1 saturated heterocycles. The predicted octanol–water partition coefficient (Wildman–Crippen LogP) is 2.40. The largest absolute Gasteiger partial charge is 0.371 e. The van der Waals surface area contributed by atoms with Gasteiger partial charge in [-0.15, -0.1) is 0 Å². The number of carbonyl (C=O) groups is 1. The number of hydrogen-bond donors (Lipinski definition) is 0. The van der Waals surface area contributed by atoms with Crippen molar-refractivity contribution in [3.05, 3.63) is 53.6 Å². The molecule has 1 aliphatic rings. The van der Waals surface area contributed by atoms with Gasteiger partial charge in [0.2, 0.25) is 5.95 Å². The lowest BCUT2D eigenvalue weighted by Crippen LogP contribution is -2.33. The first kappa shape index (κ1) is 17.1. The standard InChI is InChI=1S/C19H18FN3O2/c1-19(2)12-23(17(24)16(19)25-3)18-21-10-14(11-22-18)8-7-13-5-4-6-15(20)9-13/h4-6,9-11,16H,12H2,1-3H3/t16-/m0/s1. The number of ether oxygens (including phenoxy) is 1. The summed E-state index contributed by atoms with van der Waals surface area (Å²) in [6.45, 7) is 4.43. The van der Waals surface area contributed by atoms with Crippen molar-refractivity contribution in [2.24, 2.45) is 5.41 Å². The molecule has 1 atom stereocenters. The Morgan fingerprint density at radius 2 is 1.92 bits per heavy atom. The van der Waals surface area contributed by atoms with Crippen LogP contribution in [0.25, 0.3) is 0 Å². The van der Waals surface area contributed by atoms with Crippen LogP contribution < -0.4 is 4.90 Å². The molecular formula is C19H18FN3O2. The van der Waals surface area contributed by atoms with E-state index in [0.29, 0.717) is 23.6 Å². The van der Waals surface area contributed by atoms with Crippen LogP contribution in [0.3, 0.4) is 0 Å². The van der Waals surface area contributed by atoms with Gasteiger partial charge in [0.15, 0.2) is 0 Å². The van der Waals surface area contributed by atoms with Crippen LogP contribution in [-0.4, -0.2) is 35.6 Å². The van der Waals surface area contributed by atoms with Crippen LogP contribution in [-0.2, 0) is 9.53 Å². The molecule has 0 aliphatic carbocycles. The van der Waals surface area contributed by atoms with Crippen LogP contribution in [0.15, 0.2) is 36.7 Å².